The standard InChI is InChI=1S/C25H21N3O4S/c1-15-7-10-18(11-8-15)28-24(30)19-5-3-4-6-20(19)27-25(28)33-16(2)23(29)26-17-9-12-21-22(13-17)32-14-31-21/h3-13,16H,14H2,1-2H3,(H,26,29). The number of hydrogen-bond donors (Lipinski definition) is 1. The summed E-state index contributed by atoms with van der Waals surface area (Å²) >= 11 is 1.23. The second kappa shape index (κ2) is 8.63. The smallest absolute Gasteiger partial charge is 0.266 e. The van der Waals surface area contributed by atoms with E-state index >= 15 is 0 Å². The summed E-state index contributed by atoms with van der Waals surface area (Å²) in [4.78, 5) is 31.0. The molecule has 0 saturated heterocycles. The molecule has 1 unspecified atom stereocenters. The molecule has 0 spiro atoms. The maximum atomic E-state index is 13.4. The molecule has 0 aliphatic carbocycles. The van der Waals surface area contributed by atoms with Crippen LogP contribution in [-0.4, -0.2) is 27.5 Å². The quantitative estimate of drug-likeness (QED) is 0.349. The number of carbonyl (C=O) groups is 1. The summed E-state index contributed by atoms with van der Waals surface area (Å²) < 4.78 is 12.3. The van der Waals surface area contributed by atoms with Gasteiger partial charge in [-0.25, -0.2) is 4.98 Å². The van der Waals surface area contributed by atoms with Gasteiger partial charge in [0.15, 0.2) is 16.7 Å². The van der Waals surface area contributed by atoms with Crippen LogP contribution in [0.5, 0.6) is 11.5 Å². The summed E-state index contributed by atoms with van der Waals surface area (Å²) in [5.74, 6) is 1.03. The van der Waals surface area contributed by atoms with Crippen LogP contribution in [0.3, 0.4) is 0 Å². The molecule has 1 aliphatic heterocycles. The largest absolute Gasteiger partial charge is 0.454 e. The van der Waals surface area contributed by atoms with Crippen molar-refractivity contribution in [2.45, 2.75) is 24.3 Å². The number of hydrogen-bond acceptors (Lipinski definition) is 6. The lowest BCUT2D eigenvalue weighted by Gasteiger charge is -2.17. The molecule has 1 N–H and O–H groups in total. The molecule has 2 heterocycles. The van der Waals surface area contributed by atoms with E-state index in [1.807, 2.05) is 43.3 Å². The maximum Gasteiger partial charge on any atom is 0.266 e. The van der Waals surface area contributed by atoms with Gasteiger partial charge in [0.1, 0.15) is 0 Å². The molecule has 0 saturated carbocycles. The van der Waals surface area contributed by atoms with E-state index < -0.39 is 5.25 Å². The zero-order valence-corrected chi connectivity index (χ0v) is 18.9. The number of anilines is 1. The van der Waals surface area contributed by atoms with Crippen LogP contribution in [0.25, 0.3) is 16.6 Å². The van der Waals surface area contributed by atoms with Crippen molar-refractivity contribution in [3.63, 3.8) is 0 Å². The first-order valence-corrected chi connectivity index (χ1v) is 11.3. The number of ether oxygens (including phenoxy) is 2. The number of para-hydroxylation sites is 1. The summed E-state index contributed by atoms with van der Waals surface area (Å²) in [5.41, 5.74) is 2.83. The highest BCUT2D eigenvalue weighted by atomic mass is 32.2. The Bertz CT molecular complexity index is 1420. The zero-order valence-electron chi connectivity index (χ0n) is 18.1. The molecule has 1 atom stereocenters. The first-order chi connectivity index (χ1) is 16.0. The fourth-order valence-corrected chi connectivity index (χ4v) is 4.47. The van der Waals surface area contributed by atoms with Gasteiger partial charge in [0.25, 0.3) is 5.56 Å². The van der Waals surface area contributed by atoms with Crippen molar-refractivity contribution < 1.29 is 14.3 Å². The van der Waals surface area contributed by atoms with Crippen LogP contribution in [0, 0.1) is 6.92 Å². The van der Waals surface area contributed by atoms with Crippen molar-refractivity contribution in [1.82, 2.24) is 9.55 Å². The van der Waals surface area contributed by atoms with Crippen LogP contribution in [0.1, 0.15) is 12.5 Å². The summed E-state index contributed by atoms with van der Waals surface area (Å²) in [5, 5.41) is 3.37. The van der Waals surface area contributed by atoms with Crippen LogP contribution >= 0.6 is 11.8 Å². The number of nitrogens with zero attached hydrogens (tertiary/aromatic N) is 2. The van der Waals surface area contributed by atoms with Crippen LogP contribution in [-0.2, 0) is 4.79 Å². The Labute approximate surface area is 194 Å². The van der Waals surface area contributed by atoms with Crippen molar-refractivity contribution in [3.8, 4) is 17.2 Å². The van der Waals surface area contributed by atoms with E-state index in [-0.39, 0.29) is 18.3 Å². The number of carbonyl (C=O) groups excluding carboxylic acids is 1. The number of benzene rings is 3. The van der Waals surface area contributed by atoms with Crippen LogP contribution in [0.15, 0.2) is 76.7 Å². The number of nitrogens with one attached hydrogen (secondary N) is 1. The van der Waals surface area contributed by atoms with Crippen LogP contribution < -0.4 is 20.3 Å². The summed E-state index contributed by atoms with van der Waals surface area (Å²) in [6.07, 6.45) is 0. The van der Waals surface area contributed by atoms with Gasteiger partial charge in [-0.05, 0) is 50.2 Å². The van der Waals surface area contributed by atoms with Crippen molar-refractivity contribution >= 4 is 34.3 Å². The van der Waals surface area contributed by atoms with Crippen molar-refractivity contribution in [3.05, 3.63) is 82.6 Å². The first-order valence-electron chi connectivity index (χ1n) is 10.5. The lowest BCUT2D eigenvalue weighted by molar-refractivity contribution is -0.115. The number of rotatable bonds is 5. The van der Waals surface area contributed by atoms with Gasteiger partial charge in [0, 0.05) is 11.8 Å². The third-order valence-electron chi connectivity index (χ3n) is 5.33. The number of aryl methyl sites for hydroxylation is 1. The van der Waals surface area contributed by atoms with E-state index in [2.05, 4.69) is 5.32 Å². The first kappa shape index (κ1) is 21.1. The summed E-state index contributed by atoms with van der Waals surface area (Å²) in [6, 6.07) is 20.1. The molecular formula is C25H21N3O4S. The maximum absolute atomic E-state index is 13.4. The minimum absolute atomic E-state index is 0.170. The highest BCUT2D eigenvalue weighted by Crippen LogP contribution is 2.34. The Hall–Kier alpha value is -3.78. The van der Waals surface area contributed by atoms with E-state index in [4.69, 9.17) is 14.5 Å². The Balaban J connectivity index is 1.47. The van der Waals surface area contributed by atoms with E-state index in [0.29, 0.717) is 38.9 Å². The molecule has 0 radical (unpaired) electrons. The lowest BCUT2D eigenvalue weighted by atomic mass is 10.2. The highest BCUT2D eigenvalue weighted by Gasteiger charge is 2.21. The molecule has 0 fully saturated rings. The molecule has 8 heteroatoms. The Kier molecular flexibility index (Phi) is 5.51. The molecule has 4 aromatic rings. The number of amides is 1. The van der Waals surface area contributed by atoms with Crippen molar-refractivity contribution in [1.29, 1.82) is 0 Å². The van der Waals surface area contributed by atoms with Gasteiger partial charge in [-0.15, -0.1) is 0 Å². The molecule has 33 heavy (non-hydrogen) atoms. The second-order valence-electron chi connectivity index (χ2n) is 7.71. The lowest BCUT2D eigenvalue weighted by Crippen LogP contribution is -2.26. The van der Waals surface area contributed by atoms with Gasteiger partial charge >= 0.3 is 0 Å². The Morgan fingerprint density at radius 3 is 2.64 bits per heavy atom. The minimum atomic E-state index is -0.514. The second-order valence-corrected chi connectivity index (χ2v) is 9.01. The Morgan fingerprint density at radius 1 is 1.06 bits per heavy atom. The number of aromatic nitrogens is 2. The highest BCUT2D eigenvalue weighted by molar-refractivity contribution is 8.00. The van der Waals surface area contributed by atoms with Crippen molar-refractivity contribution in [2.75, 3.05) is 12.1 Å². The summed E-state index contributed by atoms with van der Waals surface area (Å²) in [6.45, 7) is 3.94. The number of thioether (sulfide) groups is 1. The number of fused-ring (bicyclic) bond motifs is 2. The van der Waals surface area contributed by atoms with E-state index in [1.165, 1.54) is 11.8 Å². The predicted molar refractivity (Wildman–Crippen MR) is 129 cm³/mol. The van der Waals surface area contributed by atoms with Gasteiger partial charge in [0.05, 0.1) is 21.8 Å². The molecular weight excluding hydrogens is 438 g/mol. The fourth-order valence-electron chi connectivity index (χ4n) is 3.54. The van der Waals surface area contributed by atoms with Crippen LogP contribution in [0.2, 0.25) is 0 Å². The minimum Gasteiger partial charge on any atom is -0.454 e. The third-order valence-corrected chi connectivity index (χ3v) is 6.38. The molecule has 1 amide bonds. The van der Waals surface area contributed by atoms with Crippen LogP contribution in [0.4, 0.5) is 5.69 Å². The molecule has 5 rings (SSSR count). The Morgan fingerprint density at radius 2 is 1.82 bits per heavy atom. The van der Waals surface area contributed by atoms with Crippen molar-refractivity contribution in [2.24, 2.45) is 0 Å². The molecule has 7 nitrogen and oxygen atoms in total. The zero-order chi connectivity index (χ0) is 22.9. The van der Waals surface area contributed by atoms with E-state index in [9.17, 15) is 9.59 Å². The van der Waals surface area contributed by atoms with Gasteiger partial charge in [-0.2, -0.15) is 0 Å². The molecule has 0 bridgehead atoms. The summed E-state index contributed by atoms with van der Waals surface area (Å²) in [7, 11) is 0. The molecule has 166 valence electrons. The topological polar surface area (TPSA) is 82.5 Å². The average molecular weight is 460 g/mol. The molecule has 3 aromatic carbocycles. The monoisotopic (exact) mass is 459 g/mol. The van der Waals surface area contributed by atoms with Gasteiger partial charge in [-0.1, -0.05) is 41.6 Å². The van der Waals surface area contributed by atoms with E-state index in [0.717, 1.165) is 5.56 Å². The third kappa shape index (κ3) is 4.17. The SMILES string of the molecule is Cc1ccc(-n2c(SC(C)C(=O)Nc3ccc4c(c3)OCO4)nc3ccccc3c2=O)cc1. The van der Waals surface area contributed by atoms with Gasteiger partial charge in [-0.3, -0.25) is 14.2 Å². The van der Waals surface area contributed by atoms with E-state index in [1.54, 1.807) is 41.8 Å². The molecule has 1 aromatic heterocycles. The predicted octanol–water partition coefficient (Wildman–Crippen LogP) is 4.54. The average Bonchev–Trinajstić information content (AvgIpc) is 3.28. The normalized spacial score (nSPS) is 13.2. The van der Waals surface area contributed by atoms with Gasteiger partial charge < -0.3 is 14.8 Å². The fraction of sp³-hybridized carbons (Fsp3) is 0.160. The van der Waals surface area contributed by atoms with Gasteiger partial charge in [0.2, 0.25) is 12.7 Å². The molecule has 1 aliphatic rings.